The zero-order valence-electron chi connectivity index (χ0n) is 11.2. The second-order valence-corrected chi connectivity index (χ2v) is 4.50. The van der Waals surface area contributed by atoms with E-state index in [0.717, 1.165) is 11.1 Å². The molecule has 104 valence electrons. The normalized spacial score (nSPS) is 13.7. The van der Waals surface area contributed by atoms with E-state index in [1.165, 1.54) is 6.07 Å². The van der Waals surface area contributed by atoms with Crippen LogP contribution in [0, 0.1) is 25.1 Å². The molecule has 6 heteroatoms. The van der Waals surface area contributed by atoms with Crippen molar-refractivity contribution in [2.24, 2.45) is 11.5 Å². The number of hydrogen-bond donors (Lipinski definition) is 3. The average molecular weight is 267 g/mol. The molecule has 1 aromatic rings. The molecule has 0 aliphatic carbocycles. The van der Waals surface area contributed by atoms with Gasteiger partial charge in [-0.3, -0.25) is 5.41 Å². The third-order valence-electron chi connectivity index (χ3n) is 3.24. The molecule has 0 aliphatic heterocycles. The van der Waals surface area contributed by atoms with Gasteiger partial charge in [0.1, 0.15) is 5.82 Å². The predicted molar refractivity (Wildman–Crippen MR) is 70.7 cm³/mol. The van der Waals surface area contributed by atoms with Crippen LogP contribution in [0.2, 0.25) is 0 Å². The number of halogens is 1. The zero-order valence-corrected chi connectivity index (χ0v) is 11.2. The lowest BCUT2D eigenvalue weighted by Crippen LogP contribution is -2.39. The van der Waals surface area contributed by atoms with E-state index in [2.05, 4.69) is 4.74 Å². The van der Waals surface area contributed by atoms with E-state index in [0.29, 0.717) is 5.56 Å². The molecular weight excluding hydrogens is 249 g/mol. The minimum atomic E-state index is -1.10. The van der Waals surface area contributed by atoms with E-state index in [-0.39, 0.29) is 0 Å². The Morgan fingerprint density at radius 1 is 1.42 bits per heavy atom. The Labute approximate surface area is 111 Å². The Hall–Kier alpha value is -1.95. The number of hydrogen-bond acceptors (Lipinski definition) is 4. The molecule has 0 spiro atoms. The average Bonchev–Trinajstić information content (AvgIpc) is 2.32. The molecule has 19 heavy (non-hydrogen) atoms. The summed E-state index contributed by atoms with van der Waals surface area (Å²) in [7, 11) is 0. The van der Waals surface area contributed by atoms with Crippen molar-refractivity contribution in [3.63, 3.8) is 0 Å². The minimum Gasteiger partial charge on any atom is -0.394 e. The van der Waals surface area contributed by atoms with Gasteiger partial charge >= 0.3 is 6.09 Å². The van der Waals surface area contributed by atoms with Gasteiger partial charge in [-0.25, -0.2) is 9.18 Å². The Bertz CT molecular complexity index is 517. The van der Waals surface area contributed by atoms with Crippen molar-refractivity contribution < 1.29 is 13.9 Å². The van der Waals surface area contributed by atoms with Crippen molar-refractivity contribution >= 4 is 12.0 Å². The first-order valence-corrected chi connectivity index (χ1v) is 5.82. The smallest absolute Gasteiger partial charge is 0.394 e. The summed E-state index contributed by atoms with van der Waals surface area (Å²) in [5, 5.41) is 7.53. The molecule has 0 heterocycles. The first-order chi connectivity index (χ1) is 8.75. The standard InChI is InChI=1S/C13H18FN3O2/c1-6-4-5-9(14)10(7(6)2)8(3)11(15)12(16)19-13(17)18/h4-5,8,11,16H,15H2,1-3H3,(H2,17,18)/t8?,11-/m0/s1. The third kappa shape index (κ3) is 3.29. The topological polar surface area (TPSA) is 102 Å². The molecule has 0 bridgehead atoms. The summed E-state index contributed by atoms with van der Waals surface area (Å²) in [6.07, 6.45) is -1.10. The fraction of sp³-hybridized carbons (Fsp3) is 0.385. The molecule has 0 fully saturated rings. The van der Waals surface area contributed by atoms with Gasteiger partial charge in [0.05, 0.1) is 6.04 Å². The van der Waals surface area contributed by atoms with Crippen LogP contribution in [-0.2, 0) is 4.74 Å². The fourth-order valence-corrected chi connectivity index (χ4v) is 1.95. The Morgan fingerprint density at radius 2 is 2.00 bits per heavy atom. The summed E-state index contributed by atoms with van der Waals surface area (Å²) in [5.41, 5.74) is 12.8. The second-order valence-electron chi connectivity index (χ2n) is 4.50. The highest BCUT2D eigenvalue weighted by molar-refractivity contribution is 5.89. The number of rotatable bonds is 3. The van der Waals surface area contributed by atoms with Crippen molar-refractivity contribution in [3.8, 4) is 0 Å². The molecule has 1 unspecified atom stereocenters. The molecule has 1 amide bonds. The van der Waals surface area contributed by atoms with Crippen LogP contribution in [0.25, 0.3) is 0 Å². The summed E-state index contributed by atoms with van der Waals surface area (Å²) in [6, 6.07) is 2.10. The monoisotopic (exact) mass is 267 g/mol. The number of amides is 1. The number of benzene rings is 1. The summed E-state index contributed by atoms with van der Waals surface area (Å²) in [5.74, 6) is -1.37. The molecule has 1 aromatic carbocycles. The molecule has 0 saturated heterocycles. The fourth-order valence-electron chi connectivity index (χ4n) is 1.95. The van der Waals surface area contributed by atoms with Gasteiger partial charge in [-0.15, -0.1) is 0 Å². The number of primary amides is 1. The van der Waals surface area contributed by atoms with E-state index < -0.39 is 29.8 Å². The number of aryl methyl sites for hydroxylation is 1. The third-order valence-corrected chi connectivity index (χ3v) is 3.24. The van der Waals surface area contributed by atoms with E-state index in [9.17, 15) is 9.18 Å². The van der Waals surface area contributed by atoms with Gasteiger partial charge < -0.3 is 16.2 Å². The van der Waals surface area contributed by atoms with Crippen LogP contribution in [0.1, 0.15) is 29.5 Å². The van der Waals surface area contributed by atoms with E-state index in [4.69, 9.17) is 16.9 Å². The molecule has 2 atom stereocenters. The van der Waals surface area contributed by atoms with Crippen molar-refractivity contribution in [3.05, 3.63) is 34.6 Å². The summed E-state index contributed by atoms with van der Waals surface area (Å²) >= 11 is 0. The summed E-state index contributed by atoms with van der Waals surface area (Å²) < 4.78 is 18.3. The van der Waals surface area contributed by atoms with Crippen molar-refractivity contribution in [1.82, 2.24) is 0 Å². The Kier molecular flexibility index (Phi) is 4.61. The second kappa shape index (κ2) is 5.79. The van der Waals surface area contributed by atoms with Crippen LogP contribution in [0.15, 0.2) is 12.1 Å². The van der Waals surface area contributed by atoms with Crippen molar-refractivity contribution in [2.75, 3.05) is 0 Å². The quantitative estimate of drug-likeness (QED) is 0.576. The van der Waals surface area contributed by atoms with Crippen LogP contribution in [0.4, 0.5) is 9.18 Å². The largest absolute Gasteiger partial charge is 0.411 e. The molecule has 0 radical (unpaired) electrons. The lowest BCUT2D eigenvalue weighted by Gasteiger charge is -2.23. The van der Waals surface area contributed by atoms with Crippen molar-refractivity contribution in [1.29, 1.82) is 5.41 Å². The van der Waals surface area contributed by atoms with Gasteiger partial charge in [-0.2, -0.15) is 0 Å². The number of ether oxygens (including phenoxy) is 1. The van der Waals surface area contributed by atoms with Gasteiger partial charge in [0.2, 0.25) is 5.90 Å². The molecule has 5 nitrogen and oxygen atoms in total. The van der Waals surface area contributed by atoms with E-state index >= 15 is 0 Å². The maximum Gasteiger partial charge on any atom is 0.411 e. The van der Waals surface area contributed by atoms with Crippen LogP contribution in [0.5, 0.6) is 0 Å². The van der Waals surface area contributed by atoms with Gasteiger partial charge in [0.15, 0.2) is 0 Å². The summed E-state index contributed by atoms with van der Waals surface area (Å²) in [6.45, 7) is 5.33. The zero-order chi connectivity index (χ0) is 14.7. The SMILES string of the molecule is Cc1ccc(F)c(C(C)[C@H](N)C(=N)OC(N)=O)c1C. The number of nitrogens with one attached hydrogen (secondary N) is 1. The Balaban J connectivity index is 3.06. The van der Waals surface area contributed by atoms with Crippen molar-refractivity contribution in [2.45, 2.75) is 32.7 Å². The minimum absolute atomic E-state index is 0.391. The maximum atomic E-state index is 13.9. The highest BCUT2D eigenvalue weighted by Gasteiger charge is 2.26. The number of carbonyl (C=O) groups is 1. The summed E-state index contributed by atoms with van der Waals surface area (Å²) in [4.78, 5) is 10.6. The molecule has 0 aliphatic rings. The first-order valence-electron chi connectivity index (χ1n) is 5.82. The van der Waals surface area contributed by atoms with E-state index in [1.807, 2.05) is 6.92 Å². The van der Waals surface area contributed by atoms with Crippen LogP contribution < -0.4 is 11.5 Å². The maximum absolute atomic E-state index is 13.9. The lowest BCUT2D eigenvalue weighted by molar-refractivity contribution is 0.204. The lowest BCUT2D eigenvalue weighted by atomic mass is 9.88. The highest BCUT2D eigenvalue weighted by atomic mass is 19.1. The number of nitrogens with two attached hydrogens (primary N) is 2. The Morgan fingerprint density at radius 3 is 2.53 bits per heavy atom. The highest BCUT2D eigenvalue weighted by Crippen LogP contribution is 2.27. The van der Waals surface area contributed by atoms with Crippen LogP contribution >= 0.6 is 0 Å². The van der Waals surface area contributed by atoms with Gasteiger partial charge in [0, 0.05) is 5.92 Å². The molecule has 0 saturated carbocycles. The van der Waals surface area contributed by atoms with Gasteiger partial charge in [-0.05, 0) is 36.6 Å². The van der Waals surface area contributed by atoms with Gasteiger partial charge in [0.25, 0.3) is 0 Å². The van der Waals surface area contributed by atoms with Gasteiger partial charge in [-0.1, -0.05) is 13.0 Å². The van der Waals surface area contributed by atoms with Crippen LogP contribution in [0.3, 0.4) is 0 Å². The molecule has 1 rings (SSSR count). The number of carbonyl (C=O) groups excluding carboxylic acids is 1. The predicted octanol–water partition coefficient (Wildman–Crippen LogP) is 1.95. The van der Waals surface area contributed by atoms with E-state index in [1.54, 1.807) is 19.9 Å². The van der Waals surface area contributed by atoms with Crippen LogP contribution in [-0.4, -0.2) is 18.0 Å². The molecular formula is C13H18FN3O2. The molecule has 5 N–H and O–H groups in total. The first kappa shape index (κ1) is 15.1. The molecule has 0 aromatic heterocycles.